The van der Waals surface area contributed by atoms with Crippen LogP contribution in [0, 0.1) is 11.3 Å². The molecule has 2 aromatic rings. The molecule has 200 valence electrons. The van der Waals surface area contributed by atoms with Gasteiger partial charge in [0.05, 0.1) is 11.7 Å². The van der Waals surface area contributed by atoms with E-state index in [2.05, 4.69) is 47.2 Å². The van der Waals surface area contributed by atoms with Crippen molar-refractivity contribution in [3.05, 3.63) is 65.5 Å². The van der Waals surface area contributed by atoms with Crippen molar-refractivity contribution < 1.29 is 14.9 Å². The molecular weight excluding hydrogens is 474 g/mol. The van der Waals surface area contributed by atoms with Crippen molar-refractivity contribution in [3.8, 4) is 0 Å². The summed E-state index contributed by atoms with van der Waals surface area (Å²) in [6, 6.07) is 8.94. The molecule has 9 atom stereocenters. The summed E-state index contributed by atoms with van der Waals surface area (Å²) in [4.78, 5) is 6.75. The van der Waals surface area contributed by atoms with Gasteiger partial charge in [-0.1, -0.05) is 31.2 Å². The molecule has 2 saturated carbocycles. The molecule has 0 amide bonds. The van der Waals surface area contributed by atoms with Crippen LogP contribution in [-0.2, 0) is 4.74 Å². The Morgan fingerprint density at radius 2 is 1.97 bits per heavy atom. The van der Waals surface area contributed by atoms with Crippen LogP contribution in [0.4, 0.5) is 0 Å². The van der Waals surface area contributed by atoms with Crippen molar-refractivity contribution in [1.82, 2.24) is 9.88 Å². The highest BCUT2D eigenvalue weighted by molar-refractivity contribution is 5.82. The average Bonchev–Trinajstić information content (AvgIpc) is 3.57. The van der Waals surface area contributed by atoms with E-state index in [1.54, 1.807) is 0 Å². The van der Waals surface area contributed by atoms with E-state index in [-0.39, 0.29) is 29.3 Å². The normalized spacial score (nSPS) is 45.9. The SMILES string of the molecule is C[C@]12CC=C3C=C4CC[C@@H](N5CC[C@@H](N)C5)[C@@H](O)[C@]45CCC3(O5)[C@@H]1C[C@@H](O)C2c1ccc2ccncc2c1. The van der Waals surface area contributed by atoms with Gasteiger partial charge in [-0.05, 0) is 84.6 Å². The van der Waals surface area contributed by atoms with Crippen LogP contribution in [0.2, 0.25) is 0 Å². The van der Waals surface area contributed by atoms with Crippen LogP contribution in [0.5, 0.6) is 0 Å². The number of hydrogen-bond acceptors (Lipinski definition) is 6. The minimum atomic E-state index is -0.608. The summed E-state index contributed by atoms with van der Waals surface area (Å²) in [6.45, 7) is 4.19. The predicted octanol–water partition coefficient (Wildman–Crippen LogP) is 3.82. The number of benzene rings is 1. The summed E-state index contributed by atoms with van der Waals surface area (Å²) in [6.07, 6.45) is 13.9. The van der Waals surface area contributed by atoms with E-state index in [0.717, 1.165) is 63.4 Å². The van der Waals surface area contributed by atoms with Crippen molar-refractivity contribution in [3.63, 3.8) is 0 Å². The highest BCUT2D eigenvalue weighted by Gasteiger charge is 2.70. The number of ether oxygens (including phenoxy) is 1. The number of aliphatic hydroxyl groups excluding tert-OH is 2. The van der Waals surface area contributed by atoms with E-state index in [1.807, 2.05) is 18.5 Å². The standard InChI is InChI=1S/C32H39N3O3/c1-30-9-6-23-15-22-4-5-25(35-13-8-24(33)18-35)29(37)32(22)11-10-31(23,38-32)27(30)16-26(36)28(30)20-3-2-19-7-12-34-17-21(19)14-20/h2-3,6-7,12,14-15,17,24-29,36-37H,4-5,8-11,13,16,18,33H2,1H3/t24-,25-,26-,27-,28?,29-,30+,31?,32+/m1/s1. The molecule has 1 aromatic carbocycles. The number of hydrogen-bond donors (Lipinski definition) is 3. The number of nitrogens with zero attached hydrogens (tertiary/aromatic N) is 2. The first-order valence-corrected chi connectivity index (χ1v) is 14.7. The van der Waals surface area contributed by atoms with Crippen LogP contribution in [0.3, 0.4) is 0 Å². The van der Waals surface area contributed by atoms with Crippen LogP contribution < -0.4 is 5.73 Å². The molecule has 8 rings (SSSR count). The maximum absolute atomic E-state index is 11.9. The van der Waals surface area contributed by atoms with Gasteiger partial charge < -0.3 is 20.7 Å². The lowest BCUT2D eigenvalue weighted by Gasteiger charge is -2.56. The number of fused-ring (bicyclic) bond motifs is 2. The Bertz CT molecular complexity index is 1370. The fourth-order valence-electron chi connectivity index (χ4n) is 9.82. The molecule has 6 heteroatoms. The monoisotopic (exact) mass is 513 g/mol. The van der Waals surface area contributed by atoms with Crippen molar-refractivity contribution in [2.45, 2.75) is 93.3 Å². The van der Waals surface area contributed by atoms with Crippen LogP contribution in [0.25, 0.3) is 10.8 Å². The maximum Gasteiger partial charge on any atom is 0.118 e. The first kappa shape index (κ1) is 23.8. The quantitative estimate of drug-likeness (QED) is 0.566. The van der Waals surface area contributed by atoms with Gasteiger partial charge in [0.25, 0.3) is 0 Å². The Kier molecular flexibility index (Phi) is 4.99. The summed E-state index contributed by atoms with van der Waals surface area (Å²) >= 11 is 0. The first-order valence-electron chi connectivity index (χ1n) is 14.7. The minimum absolute atomic E-state index is 0.0323. The summed E-state index contributed by atoms with van der Waals surface area (Å²) in [5, 5.41) is 25.9. The number of aromatic nitrogens is 1. The van der Waals surface area contributed by atoms with Crippen LogP contribution in [0.1, 0.15) is 63.4 Å². The molecule has 2 saturated heterocycles. The Labute approximate surface area is 224 Å². The lowest BCUT2D eigenvalue weighted by molar-refractivity contribution is -0.185. The van der Waals surface area contributed by atoms with E-state index in [4.69, 9.17) is 10.5 Å². The zero-order valence-corrected chi connectivity index (χ0v) is 22.2. The van der Waals surface area contributed by atoms with Gasteiger partial charge >= 0.3 is 0 Å². The maximum atomic E-state index is 11.9. The second-order valence-electron chi connectivity index (χ2n) is 13.3. The van der Waals surface area contributed by atoms with Gasteiger partial charge in [0.2, 0.25) is 0 Å². The Balaban J connectivity index is 1.17. The smallest absolute Gasteiger partial charge is 0.118 e. The summed E-state index contributed by atoms with van der Waals surface area (Å²) in [5.41, 5.74) is 8.85. The number of aliphatic hydroxyl groups is 2. The van der Waals surface area contributed by atoms with Crippen molar-refractivity contribution >= 4 is 10.8 Å². The third kappa shape index (κ3) is 2.99. The van der Waals surface area contributed by atoms with Gasteiger partial charge in [-0.3, -0.25) is 9.88 Å². The molecule has 4 N–H and O–H groups in total. The third-order valence-corrected chi connectivity index (χ3v) is 11.6. The lowest BCUT2D eigenvalue weighted by Crippen LogP contribution is -2.62. The Hall–Kier alpha value is -2.09. The summed E-state index contributed by atoms with van der Waals surface area (Å²) in [7, 11) is 0. The molecule has 2 spiro atoms. The van der Waals surface area contributed by atoms with Crippen molar-refractivity contribution in [2.75, 3.05) is 13.1 Å². The predicted molar refractivity (Wildman–Crippen MR) is 146 cm³/mol. The Morgan fingerprint density at radius 3 is 2.82 bits per heavy atom. The zero-order valence-electron chi connectivity index (χ0n) is 22.2. The fraction of sp³-hybridized carbons (Fsp3) is 0.594. The zero-order chi connectivity index (χ0) is 25.9. The summed E-state index contributed by atoms with van der Waals surface area (Å²) < 4.78 is 7.33. The van der Waals surface area contributed by atoms with E-state index in [9.17, 15) is 10.2 Å². The highest BCUT2D eigenvalue weighted by Crippen LogP contribution is 2.69. The minimum Gasteiger partial charge on any atom is -0.392 e. The van der Waals surface area contributed by atoms with Gasteiger partial charge in [0.15, 0.2) is 0 Å². The topological polar surface area (TPSA) is 91.8 Å². The molecule has 4 fully saturated rings. The van der Waals surface area contributed by atoms with Crippen molar-refractivity contribution in [2.24, 2.45) is 17.1 Å². The van der Waals surface area contributed by atoms with Crippen LogP contribution >= 0.6 is 0 Å². The molecule has 3 aliphatic heterocycles. The number of nitrogens with two attached hydrogens (primary N) is 1. The number of allylic oxidation sites excluding steroid dienone is 1. The second-order valence-corrected chi connectivity index (χ2v) is 13.3. The largest absolute Gasteiger partial charge is 0.392 e. The molecule has 0 radical (unpaired) electrons. The number of likely N-dealkylation sites (tertiary alicyclic amines) is 1. The summed E-state index contributed by atoms with van der Waals surface area (Å²) in [5.74, 6) is 0.231. The third-order valence-electron chi connectivity index (χ3n) is 11.6. The molecular formula is C32H39N3O3. The van der Waals surface area contributed by atoms with Gasteiger partial charge in [-0.15, -0.1) is 0 Å². The van der Waals surface area contributed by atoms with E-state index in [0.29, 0.717) is 0 Å². The average molecular weight is 514 g/mol. The van der Waals surface area contributed by atoms with Gasteiger partial charge in [-0.25, -0.2) is 0 Å². The van der Waals surface area contributed by atoms with E-state index in [1.165, 1.54) is 22.1 Å². The van der Waals surface area contributed by atoms with Crippen LogP contribution in [-0.4, -0.2) is 68.7 Å². The van der Waals surface area contributed by atoms with E-state index >= 15 is 0 Å². The molecule has 1 aromatic heterocycles. The first-order chi connectivity index (χ1) is 18.3. The van der Waals surface area contributed by atoms with Gasteiger partial charge in [0, 0.05) is 54.8 Å². The number of rotatable bonds is 2. The molecule has 4 heterocycles. The Morgan fingerprint density at radius 1 is 1.11 bits per heavy atom. The molecule has 2 unspecified atom stereocenters. The number of pyridine rings is 1. The molecule has 2 bridgehead atoms. The van der Waals surface area contributed by atoms with Gasteiger partial charge in [0.1, 0.15) is 11.7 Å². The second kappa shape index (κ2) is 7.98. The molecule has 6 aliphatic rings. The molecule has 6 nitrogen and oxygen atoms in total. The van der Waals surface area contributed by atoms with Crippen LogP contribution in [0.15, 0.2) is 60.0 Å². The van der Waals surface area contributed by atoms with Crippen molar-refractivity contribution in [1.29, 1.82) is 0 Å². The molecule has 3 aliphatic carbocycles. The molecule has 38 heavy (non-hydrogen) atoms. The lowest BCUT2D eigenvalue weighted by atomic mass is 9.58. The van der Waals surface area contributed by atoms with E-state index < -0.39 is 23.4 Å². The van der Waals surface area contributed by atoms with Gasteiger partial charge in [-0.2, -0.15) is 0 Å². The fourth-order valence-corrected chi connectivity index (χ4v) is 9.82. The highest BCUT2D eigenvalue weighted by atomic mass is 16.5.